The number of hydrogen-bond donors (Lipinski definition) is 3. The Morgan fingerprint density at radius 2 is 1.60 bits per heavy atom. The Morgan fingerprint density at radius 1 is 1.08 bits per heavy atom. The summed E-state index contributed by atoms with van der Waals surface area (Å²) in [4.78, 5) is 21.5. The Bertz CT molecular complexity index is 664. The molecule has 4 fully saturated rings. The topological polar surface area (TPSA) is 78.9 Å². The van der Waals surface area contributed by atoms with Crippen LogP contribution in [0.2, 0.25) is 0 Å². The number of carbonyl (C=O) groups is 1. The number of aryl methyl sites for hydroxylation is 2. The predicted octanol–water partition coefficient (Wildman–Crippen LogP) is 2.63. The number of anilines is 1. The molecular weight excluding hydrogens is 334 g/mol. The van der Waals surface area contributed by atoms with Crippen LogP contribution in [0.5, 0.6) is 0 Å². The predicted molar refractivity (Wildman–Crippen MR) is 99.6 cm³/mol. The van der Waals surface area contributed by atoms with Gasteiger partial charge in [0.05, 0.1) is 5.41 Å². The van der Waals surface area contributed by atoms with E-state index in [1.165, 1.54) is 19.3 Å². The number of nitrogens with one attached hydrogen (secondary N) is 3. The van der Waals surface area contributed by atoms with Crippen molar-refractivity contribution in [2.24, 2.45) is 23.2 Å². The quantitative estimate of drug-likeness (QED) is 0.569. The summed E-state index contributed by atoms with van der Waals surface area (Å²) in [5, 5.41) is 3.18. The molecule has 3 N–H and O–H groups in total. The molecule has 0 aromatic carbocycles. The van der Waals surface area contributed by atoms with Crippen LogP contribution in [-0.2, 0) is 4.79 Å². The molecular formula is C18H25N5OS. The van der Waals surface area contributed by atoms with E-state index in [0.29, 0.717) is 5.95 Å². The van der Waals surface area contributed by atoms with E-state index in [-0.39, 0.29) is 16.4 Å². The average molecular weight is 359 g/mol. The van der Waals surface area contributed by atoms with E-state index in [2.05, 4.69) is 26.1 Å². The maximum Gasteiger partial charge on any atom is 0.242 e. The molecule has 1 amide bonds. The fourth-order valence-corrected chi connectivity index (χ4v) is 5.69. The van der Waals surface area contributed by atoms with E-state index in [9.17, 15) is 4.79 Å². The van der Waals surface area contributed by atoms with Crippen molar-refractivity contribution in [3.8, 4) is 0 Å². The standard InChI is InChI=1S/C18H25N5OS/c1-10-3-11(2)20-16(19-10)22-23-17(25)21-15(24)18-7-12-4-13(8-18)6-14(5-12)9-18/h3,12-14H,4-9H2,1-2H3,(H,19,20,22)(H2,21,23,24,25). The summed E-state index contributed by atoms with van der Waals surface area (Å²) < 4.78 is 0. The summed E-state index contributed by atoms with van der Waals surface area (Å²) in [6.45, 7) is 3.82. The highest BCUT2D eigenvalue weighted by Gasteiger charge is 2.54. The van der Waals surface area contributed by atoms with E-state index < -0.39 is 0 Å². The summed E-state index contributed by atoms with van der Waals surface area (Å²) in [5.74, 6) is 2.75. The van der Waals surface area contributed by atoms with E-state index in [0.717, 1.165) is 48.4 Å². The Kier molecular flexibility index (Phi) is 4.14. The maximum atomic E-state index is 12.9. The highest BCUT2D eigenvalue weighted by Crippen LogP contribution is 2.60. The summed E-state index contributed by atoms with van der Waals surface area (Å²) >= 11 is 5.29. The van der Waals surface area contributed by atoms with Crippen molar-refractivity contribution in [2.75, 3.05) is 5.43 Å². The van der Waals surface area contributed by atoms with Gasteiger partial charge in [-0.2, -0.15) is 0 Å². The lowest BCUT2D eigenvalue weighted by Crippen LogP contribution is -2.56. The van der Waals surface area contributed by atoms with Crippen LogP contribution in [0, 0.1) is 37.0 Å². The Labute approximate surface area is 153 Å². The van der Waals surface area contributed by atoms with Gasteiger partial charge in [-0.1, -0.05) is 0 Å². The molecule has 4 bridgehead atoms. The molecule has 4 aliphatic rings. The highest BCUT2D eigenvalue weighted by molar-refractivity contribution is 7.80. The number of thiocarbonyl (C=S) groups is 1. The Balaban J connectivity index is 1.35. The zero-order valence-corrected chi connectivity index (χ0v) is 15.6. The van der Waals surface area contributed by atoms with E-state index >= 15 is 0 Å². The van der Waals surface area contributed by atoms with Gasteiger partial charge in [-0.15, -0.1) is 0 Å². The summed E-state index contributed by atoms with van der Waals surface area (Å²) in [7, 11) is 0. The largest absolute Gasteiger partial charge is 0.301 e. The monoisotopic (exact) mass is 359 g/mol. The summed E-state index contributed by atoms with van der Waals surface area (Å²) in [6, 6.07) is 1.90. The average Bonchev–Trinajstić information content (AvgIpc) is 2.50. The first-order chi connectivity index (χ1) is 11.9. The molecule has 0 aliphatic heterocycles. The van der Waals surface area contributed by atoms with Gasteiger partial charge in [-0.05, 0) is 88.4 Å². The molecule has 0 atom stereocenters. The van der Waals surface area contributed by atoms with Gasteiger partial charge in [-0.3, -0.25) is 15.6 Å². The van der Waals surface area contributed by atoms with Gasteiger partial charge in [0.2, 0.25) is 11.9 Å². The minimum Gasteiger partial charge on any atom is -0.301 e. The smallest absolute Gasteiger partial charge is 0.242 e. The second-order valence-corrected chi connectivity index (χ2v) is 8.61. The summed E-state index contributed by atoms with van der Waals surface area (Å²) in [5.41, 5.74) is 7.27. The first-order valence-corrected chi connectivity index (χ1v) is 9.52. The number of aromatic nitrogens is 2. The molecule has 134 valence electrons. The first-order valence-electron chi connectivity index (χ1n) is 9.11. The maximum absolute atomic E-state index is 12.9. The van der Waals surface area contributed by atoms with Crippen molar-refractivity contribution in [3.05, 3.63) is 17.5 Å². The van der Waals surface area contributed by atoms with Crippen LogP contribution in [0.25, 0.3) is 0 Å². The molecule has 4 aliphatic carbocycles. The van der Waals surface area contributed by atoms with Crippen LogP contribution >= 0.6 is 12.2 Å². The van der Waals surface area contributed by atoms with Crippen molar-refractivity contribution in [2.45, 2.75) is 52.4 Å². The normalized spacial score (nSPS) is 32.3. The number of nitrogens with zero attached hydrogens (tertiary/aromatic N) is 2. The molecule has 1 aromatic heterocycles. The fraction of sp³-hybridized carbons (Fsp3) is 0.667. The van der Waals surface area contributed by atoms with Gasteiger partial charge in [0.25, 0.3) is 0 Å². The molecule has 5 rings (SSSR count). The van der Waals surface area contributed by atoms with Gasteiger partial charge in [0, 0.05) is 11.4 Å². The molecule has 7 heteroatoms. The summed E-state index contributed by atoms with van der Waals surface area (Å²) in [6.07, 6.45) is 7.05. The number of amides is 1. The molecule has 1 heterocycles. The van der Waals surface area contributed by atoms with Crippen molar-refractivity contribution < 1.29 is 4.79 Å². The minimum atomic E-state index is -0.198. The lowest BCUT2D eigenvalue weighted by atomic mass is 9.49. The van der Waals surface area contributed by atoms with Gasteiger partial charge in [-0.25, -0.2) is 9.97 Å². The van der Waals surface area contributed by atoms with Crippen LogP contribution in [0.15, 0.2) is 6.07 Å². The molecule has 6 nitrogen and oxygen atoms in total. The van der Waals surface area contributed by atoms with Crippen LogP contribution in [0.3, 0.4) is 0 Å². The Hall–Kier alpha value is -1.76. The van der Waals surface area contributed by atoms with Gasteiger partial charge in [0.15, 0.2) is 5.11 Å². The molecule has 1 aromatic rings. The zero-order chi connectivity index (χ0) is 17.6. The van der Waals surface area contributed by atoms with Gasteiger partial charge >= 0.3 is 0 Å². The van der Waals surface area contributed by atoms with Crippen molar-refractivity contribution in [3.63, 3.8) is 0 Å². The molecule has 0 spiro atoms. The highest BCUT2D eigenvalue weighted by atomic mass is 32.1. The number of rotatable bonds is 3. The van der Waals surface area contributed by atoms with Crippen molar-refractivity contribution in [1.82, 2.24) is 20.7 Å². The Morgan fingerprint density at radius 3 is 2.12 bits per heavy atom. The van der Waals surface area contributed by atoms with Crippen LogP contribution in [0.4, 0.5) is 5.95 Å². The van der Waals surface area contributed by atoms with Crippen LogP contribution in [-0.4, -0.2) is 21.0 Å². The van der Waals surface area contributed by atoms with Crippen molar-refractivity contribution in [1.29, 1.82) is 0 Å². The fourth-order valence-electron chi connectivity index (χ4n) is 5.55. The van der Waals surface area contributed by atoms with E-state index in [4.69, 9.17) is 12.2 Å². The van der Waals surface area contributed by atoms with Crippen molar-refractivity contribution >= 4 is 29.2 Å². The lowest BCUT2D eigenvalue weighted by Gasteiger charge is -2.55. The van der Waals surface area contributed by atoms with Gasteiger partial charge in [0.1, 0.15) is 0 Å². The third-order valence-corrected chi connectivity index (χ3v) is 6.22. The minimum absolute atomic E-state index is 0.0900. The number of hydrazine groups is 1. The number of carbonyl (C=O) groups excluding carboxylic acids is 1. The SMILES string of the molecule is Cc1cc(C)nc(NNC(=S)NC(=O)C23CC4CC(CC(C4)C2)C3)n1. The zero-order valence-electron chi connectivity index (χ0n) is 14.8. The molecule has 0 unspecified atom stereocenters. The van der Waals surface area contributed by atoms with Crippen LogP contribution in [0.1, 0.15) is 49.9 Å². The van der Waals surface area contributed by atoms with E-state index in [1.54, 1.807) is 0 Å². The van der Waals surface area contributed by atoms with Gasteiger partial charge < -0.3 is 5.32 Å². The lowest BCUT2D eigenvalue weighted by molar-refractivity contribution is -0.144. The van der Waals surface area contributed by atoms with E-state index in [1.807, 2.05) is 19.9 Å². The molecule has 0 radical (unpaired) electrons. The third-order valence-electron chi connectivity index (χ3n) is 6.02. The number of hydrogen-bond acceptors (Lipinski definition) is 5. The first kappa shape index (κ1) is 16.7. The second kappa shape index (κ2) is 6.20. The second-order valence-electron chi connectivity index (χ2n) is 8.21. The molecule has 25 heavy (non-hydrogen) atoms. The molecule has 4 saturated carbocycles. The molecule has 0 saturated heterocycles. The third kappa shape index (κ3) is 3.34. The van der Waals surface area contributed by atoms with Crippen LogP contribution < -0.4 is 16.2 Å².